The molecule has 5 heteroatoms. The molecule has 2 amide bonds. The number of hydroxylamine groups is 2. The average molecular weight is 242 g/mol. The molecule has 0 aromatic carbocycles. The fourth-order valence-corrected chi connectivity index (χ4v) is 2.08. The molecule has 0 spiro atoms. The largest absolute Gasteiger partial charge is 0.328 e. The summed E-state index contributed by atoms with van der Waals surface area (Å²) in [6.07, 6.45) is 5.85. The molecular weight excluding hydrogens is 220 g/mol. The van der Waals surface area contributed by atoms with E-state index in [-0.39, 0.29) is 23.4 Å². The van der Waals surface area contributed by atoms with Gasteiger partial charge in [0.15, 0.2) is 0 Å². The molecule has 1 aliphatic rings. The van der Waals surface area contributed by atoms with E-state index in [1.165, 1.54) is 0 Å². The third-order valence-corrected chi connectivity index (χ3v) is 3.37. The number of imide groups is 1. The normalized spacial score (nSPS) is 22.3. The van der Waals surface area contributed by atoms with Crippen LogP contribution < -0.4 is 5.73 Å². The maximum atomic E-state index is 11.4. The first kappa shape index (κ1) is 14.1. The van der Waals surface area contributed by atoms with Crippen molar-refractivity contribution in [2.24, 2.45) is 11.7 Å². The number of unbranched alkanes of at least 4 members (excludes halogenated alkanes) is 2. The highest BCUT2D eigenvalue weighted by molar-refractivity contribution is 6.02. The van der Waals surface area contributed by atoms with Crippen molar-refractivity contribution < 1.29 is 14.8 Å². The molecule has 3 N–H and O–H groups in total. The van der Waals surface area contributed by atoms with E-state index in [4.69, 9.17) is 10.9 Å². The predicted molar refractivity (Wildman–Crippen MR) is 63.1 cm³/mol. The van der Waals surface area contributed by atoms with Crippen LogP contribution in [0.25, 0.3) is 0 Å². The maximum Gasteiger partial charge on any atom is 0.256 e. The Morgan fingerprint density at radius 3 is 2.65 bits per heavy atom. The van der Waals surface area contributed by atoms with Gasteiger partial charge in [-0.3, -0.25) is 14.8 Å². The smallest absolute Gasteiger partial charge is 0.256 e. The minimum atomic E-state index is -0.479. The molecule has 0 bridgehead atoms. The van der Waals surface area contributed by atoms with E-state index >= 15 is 0 Å². The molecule has 2 unspecified atom stereocenters. The van der Waals surface area contributed by atoms with Gasteiger partial charge in [0, 0.05) is 18.4 Å². The third kappa shape index (κ3) is 4.09. The van der Waals surface area contributed by atoms with Gasteiger partial charge in [0.25, 0.3) is 11.8 Å². The van der Waals surface area contributed by atoms with Crippen LogP contribution in [0.4, 0.5) is 0 Å². The molecule has 1 rings (SSSR count). The van der Waals surface area contributed by atoms with E-state index in [1.54, 1.807) is 0 Å². The standard InChI is InChI=1S/C12H22N2O3/c1-2-10(13)7-5-3-4-6-9-8-11(15)14(17)12(9)16/h9-10,17H,2-8,13H2,1H3. The number of carbonyl (C=O) groups is 2. The third-order valence-electron chi connectivity index (χ3n) is 3.37. The molecule has 5 nitrogen and oxygen atoms in total. The van der Waals surface area contributed by atoms with E-state index < -0.39 is 11.8 Å². The topological polar surface area (TPSA) is 83.6 Å². The minimum absolute atomic E-state index is 0.157. The van der Waals surface area contributed by atoms with Crippen LogP contribution >= 0.6 is 0 Å². The predicted octanol–water partition coefficient (Wildman–Crippen LogP) is 1.44. The lowest BCUT2D eigenvalue weighted by molar-refractivity contribution is -0.172. The van der Waals surface area contributed by atoms with E-state index in [1.807, 2.05) is 0 Å². The summed E-state index contributed by atoms with van der Waals surface area (Å²) in [7, 11) is 0. The molecule has 0 aliphatic carbocycles. The number of rotatable bonds is 7. The van der Waals surface area contributed by atoms with Crippen LogP contribution in [0.3, 0.4) is 0 Å². The molecule has 2 atom stereocenters. The number of amides is 2. The maximum absolute atomic E-state index is 11.4. The molecule has 0 radical (unpaired) electrons. The Bertz CT molecular complexity index is 281. The van der Waals surface area contributed by atoms with E-state index in [2.05, 4.69) is 6.92 Å². The second-order valence-electron chi connectivity index (χ2n) is 4.75. The Labute approximate surface area is 102 Å². The Hall–Kier alpha value is -0.940. The van der Waals surface area contributed by atoms with Crippen LogP contribution in [0.1, 0.15) is 51.9 Å². The molecule has 1 heterocycles. The van der Waals surface area contributed by atoms with Gasteiger partial charge in [0.1, 0.15) is 0 Å². The fourth-order valence-electron chi connectivity index (χ4n) is 2.08. The highest BCUT2D eigenvalue weighted by Gasteiger charge is 2.37. The van der Waals surface area contributed by atoms with Crippen LogP contribution in [0, 0.1) is 5.92 Å². The van der Waals surface area contributed by atoms with Crippen molar-refractivity contribution in [1.82, 2.24) is 5.06 Å². The van der Waals surface area contributed by atoms with E-state index in [0.717, 1.165) is 32.1 Å². The van der Waals surface area contributed by atoms with E-state index in [0.29, 0.717) is 6.42 Å². The van der Waals surface area contributed by atoms with Gasteiger partial charge in [-0.05, 0) is 19.3 Å². The quantitative estimate of drug-likeness (QED) is 0.402. The summed E-state index contributed by atoms with van der Waals surface area (Å²) >= 11 is 0. The van der Waals surface area contributed by atoms with Gasteiger partial charge >= 0.3 is 0 Å². The van der Waals surface area contributed by atoms with Gasteiger partial charge in [-0.1, -0.05) is 26.2 Å². The SMILES string of the molecule is CCC(N)CCCCCC1CC(=O)N(O)C1=O. The Morgan fingerprint density at radius 1 is 1.41 bits per heavy atom. The Morgan fingerprint density at radius 2 is 2.12 bits per heavy atom. The van der Waals surface area contributed by atoms with E-state index in [9.17, 15) is 9.59 Å². The number of hydrogen-bond acceptors (Lipinski definition) is 4. The van der Waals surface area contributed by atoms with Gasteiger partial charge in [-0.2, -0.15) is 5.06 Å². The first-order valence-corrected chi connectivity index (χ1v) is 6.37. The molecule has 1 aliphatic heterocycles. The Kier molecular flexibility index (Phi) is 5.58. The lowest BCUT2D eigenvalue weighted by Gasteiger charge is -2.09. The summed E-state index contributed by atoms with van der Waals surface area (Å²) in [4.78, 5) is 22.4. The summed E-state index contributed by atoms with van der Waals surface area (Å²) in [5.41, 5.74) is 5.80. The zero-order chi connectivity index (χ0) is 12.8. The zero-order valence-electron chi connectivity index (χ0n) is 10.4. The molecule has 1 fully saturated rings. The highest BCUT2D eigenvalue weighted by Crippen LogP contribution is 2.23. The lowest BCUT2D eigenvalue weighted by atomic mass is 9.98. The number of nitrogens with two attached hydrogens (primary N) is 1. The van der Waals surface area contributed by atoms with Crippen molar-refractivity contribution in [1.29, 1.82) is 0 Å². The summed E-state index contributed by atoms with van der Waals surface area (Å²) in [6.45, 7) is 2.07. The Balaban J connectivity index is 2.12. The first-order chi connectivity index (χ1) is 8.06. The number of nitrogens with zero attached hydrogens (tertiary/aromatic N) is 1. The van der Waals surface area contributed by atoms with Crippen molar-refractivity contribution >= 4 is 11.8 Å². The number of hydrogen-bond donors (Lipinski definition) is 2. The van der Waals surface area contributed by atoms with Crippen molar-refractivity contribution in [3.05, 3.63) is 0 Å². The van der Waals surface area contributed by atoms with Crippen molar-refractivity contribution in [2.45, 2.75) is 57.9 Å². The van der Waals surface area contributed by atoms with Crippen LogP contribution in [0.2, 0.25) is 0 Å². The van der Waals surface area contributed by atoms with Gasteiger partial charge < -0.3 is 5.73 Å². The molecule has 98 valence electrons. The summed E-state index contributed by atoms with van der Waals surface area (Å²) in [5, 5.41) is 9.32. The molecule has 0 saturated carbocycles. The molecule has 17 heavy (non-hydrogen) atoms. The van der Waals surface area contributed by atoms with Gasteiger partial charge in [0.2, 0.25) is 0 Å². The van der Waals surface area contributed by atoms with Crippen molar-refractivity contribution in [3.63, 3.8) is 0 Å². The van der Waals surface area contributed by atoms with Crippen molar-refractivity contribution in [2.75, 3.05) is 0 Å². The summed E-state index contributed by atoms with van der Waals surface area (Å²) in [6, 6.07) is 0.276. The molecule has 0 aromatic heterocycles. The van der Waals surface area contributed by atoms with Crippen LogP contribution in [0.5, 0.6) is 0 Å². The van der Waals surface area contributed by atoms with Gasteiger partial charge in [0.05, 0.1) is 0 Å². The second-order valence-corrected chi connectivity index (χ2v) is 4.75. The van der Waals surface area contributed by atoms with Gasteiger partial charge in [-0.15, -0.1) is 0 Å². The van der Waals surface area contributed by atoms with Crippen LogP contribution in [-0.4, -0.2) is 28.1 Å². The van der Waals surface area contributed by atoms with Crippen LogP contribution in [-0.2, 0) is 9.59 Å². The lowest BCUT2D eigenvalue weighted by Crippen LogP contribution is -2.26. The second kappa shape index (κ2) is 6.71. The zero-order valence-corrected chi connectivity index (χ0v) is 10.4. The summed E-state index contributed by atoms with van der Waals surface area (Å²) < 4.78 is 0. The molecule has 0 aromatic rings. The fraction of sp³-hybridized carbons (Fsp3) is 0.833. The molecule has 1 saturated heterocycles. The average Bonchev–Trinajstić information content (AvgIpc) is 2.56. The van der Waals surface area contributed by atoms with Crippen molar-refractivity contribution in [3.8, 4) is 0 Å². The molecular formula is C12H22N2O3. The number of carbonyl (C=O) groups excluding carboxylic acids is 2. The first-order valence-electron chi connectivity index (χ1n) is 6.37. The minimum Gasteiger partial charge on any atom is -0.328 e. The van der Waals surface area contributed by atoms with Crippen LogP contribution in [0.15, 0.2) is 0 Å². The summed E-state index contributed by atoms with van der Waals surface area (Å²) in [5.74, 6) is -1.24. The van der Waals surface area contributed by atoms with Gasteiger partial charge in [-0.25, -0.2) is 0 Å². The highest BCUT2D eigenvalue weighted by atomic mass is 16.5. The monoisotopic (exact) mass is 242 g/mol.